The molecule has 4 aliphatic heterocycles. The predicted molar refractivity (Wildman–Crippen MR) is 167 cm³/mol. The summed E-state index contributed by atoms with van der Waals surface area (Å²) in [5.41, 5.74) is 0. The summed E-state index contributed by atoms with van der Waals surface area (Å²) in [7, 11) is -7.50. The largest absolute Gasteiger partial charge is 0.268 e. The molecule has 0 aliphatic carbocycles. The highest BCUT2D eigenvalue weighted by Gasteiger charge is 2.19. The summed E-state index contributed by atoms with van der Waals surface area (Å²) in [6.07, 6.45) is 8.51. The molecular formula is C27H54O5S4. The molecule has 5 unspecified atom stereocenters. The summed E-state index contributed by atoms with van der Waals surface area (Å²) in [5.74, 6) is 19.7. The molecule has 0 aromatic carbocycles. The Labute approximate surface area is 224 Å². The summed E-state index contributed by atoms with van der Waals surface area (Å²) in [5, 5.41) is 0. The summed E-state index contributed by atoms with van der Waals surface area (Å²) in [4.78, 5) is 0. The lowest BCUT2D eigenvalue weighted by Gasteiger charge is -2.20. The average molecular weight is 587 g/mol. The lowest BCUT2D eigenvalue weighted by molar-refractivity contribution is 0.522. The standard InChI is InChI=1S/C7H14O2S.2C7H14OS.C6H12OS/c1-7-3-2-5-10(8,9)6-4-7;1-7-3-5-9(2,8)6-4-7;1-7-4-3-5-9(2,8)6-7;1-6-3-4-8(2,7)5-6/h7H,2-6H2,1H3;2*7H,2-6H2,1H3;6H,2-5H2,1H3. The Morgan fingerprint density at radius 1 is 0.444 bits per heavy atom. The van der Waals surface area contributed by atoms with Crippen LogP contribution in [0.15, 0.2) is 0 Å². The Hall–Kier alpha value is 0.01000. The van der Waals surface area contributed by atoms with Crippen molar-refractivity contribution in [2.24, 2.45) is 23.7 Å². The molecule has 5 atom stereocenters. The molecule has 0 radical (unpaired) electrons. The van der Waals surface area contributed by atoms with Crippen LogP contribution in [0.25, 0.3) is 0 Å². The third-order valence-electron chi connectivity index (χ3n) is 7.41. The summed E-state index contributed by atoms with van der Waals surface area (Å²) in [6, 6.07) is 0. The van der Waals surface area contributed by atoms with Crippen molar-refractivity contribution in [3.63, 3.8) is 0 Å². The van der Waals surface area contributed by atoms with Crippen molar-refractivity contribution in [2.45, 2.75) is 79.1 Å². The molecule has 4 fully saturated rings. The Morgan fingerprint density at radius 2 is 0.806 bits per heavy atom. The van der Waals surface area contributed by atoms with Gasteiger partial charge in [0.2, 0.25) is 0 Å². The Morgan fingerprint density at radius 3 is 1.19 bits per heavy atom. The van der Waals surface area contributed by atoms with Gasteiger partial charge in [0, 0.05) is 34.5 Å². The van der Waals surface area contributed by atoms with E-state index in [4.69, 9.17) is 0 Å². The SMILES string of the molecule is C=S1(=O)CCC(C)C1.C=S1(=O)CCC(C)CC1.C=S1(=O)CCCC(C)C1.CC1CCCS(=O)(=O)CC1. The fourth-order valence-electron chi connectivity index (χ4n) is 4.84. The van der Waals surface area contributed by atoms with Crippen LogP contribution in [0.3, 0.4) is 0 Å². The number of sulfone groups is 1. The topological polar surface area (TPSA) is 85.3 Å². The Bertz CT molecular complexity index is 1060. The van der Waals surface area contributed by atoms with Crippen LogP contribution in [0, 0.1) is 23.7 Å². The van der Waals surface area contributed by atoms with Crippen molar-refractivity contribution in [2.75, 3.05) is 46.0 Å². The minimum absolute atomic E-state index is 0.411. The number of hydrogen-bond acceptors (Lipinski definition) is 5. The zero-order valence-corrected chi connectivity index (χ0v) is 26.7. The normalized spacial score (nSPS) is 42.1. The molecule has 0 amide bonds. The summed E-state index contributed by atoms with van der Waals surface area (Å²) >= 11 is 0. The Kier molecular flexibility index (Phi) is 14.2. The van der Waals surface area contributed by atoms with Gasteiger partial charge in [-0.25, -0.2) is 8.42 Å². The second kappa shape index (κ2) is 15.0. The first-order valence-electron chi connectivity index (χ1n) is 13.6. The molecule has 216 valence electrons. The third kappa shape index (κ3) is 16.1. The second-order valence-electron chi connectivity index (χ2n) is 12.1. The molecule has 0 bridgehead atoms. The van der Waals surface area contributed by atoms with Crippen LogP contribution in [0.5, 0.6) is 0 Å². The molecule has 0 spiro atoms. The smallest absolute Gasteiger partial charge is 0.150 e. The molecule has 36 heavy (non-hydrogen) atoms. The fourth-order valence-corrected chi connectivity index (χ4v) is 12.5. The monoisotopic (exact) mass is 586 g/mol. The zero-order chi connectivity index (χ0) is 27.6. The van der Waals surface area contributed by atoms with Gasteiger partial charge < -0.3 is 0 Å². The van der Waals surface area contributed by atoms with Gasteiger partial charge in [-0.2, -0.15) is 0 Å². The van der Waals surface area contributed by atoms with Crippen LogP contribution >= 0.6 is 0 Å². The van der Waals surface area contributed by atoms with Crippen LogP contribution in [-0.2, 0) is 38.4 Å². The average Bonchev–Trinajstić information content (AvgIpc) is 2.96. The maximum atomic E-state index is 11.3. The molecule has 0 N–H and O–H groups in total. The van der Waals surface area contributed by atoms with Gasteiger partial charge in [-0.1, -0.05) is 27.7 Å². The first-order chi connectivity index (χ1) is 16.4. The fraction of sp³-hybridized carbons (Fsp3) is 0.889. The van der Waals surface area contributed by atoms with Crippen LogP contribution in [0.1, 0.15) is 79.1 Å². The van der Waals surface area contributed by atoms with Gasteiger partial charge in [0.25, 0.3) is 0 Å². The molecule has 9 heteroatoms. The van der Waals surface area contributed by atoms with Gasteiger partial charge in [0.1, 0.15) is 9.84 Å². The molecular weight excluding hydrogens is 533 g/mol. The molecule has 4 heterocycles. The first kappa shape index (κ1) is 34.0. The molecule has 0 aromatic rings. The molecule has 0 aromatic heterocycles. The van der Waals surface area contributed by atoms with Gasteiger partial charge in [0.05, 0.1) is 11.5 Å². The van der Waals surface area contributed by atoms with Gasteiger partial charge in [-0.15, -0.1) is 0 Å². The van der Waals surface area contributed by atoms with E-state index < -0.39 is 38.4 Å². The lowest BCUT2D eigenvalue weighted by atomic mass is 10.0. The maximum Gasteiger partial charge on any atom is 0.150 e. The van der Waals surface area contributed by atoms with E-state index in [0.29, 0.717) is 29.3 Å². The van der Waals surface area contributed by atoms with E-state index in [0.717, 1.165) is 85.4 Å². The van der Waals surface area contributed by atoms with Crippen LogP contribution in [0.2, 0.25) is 0 Å². The van der Waals surface area contributed by atoms with Crippen LogP contribution in [0.4, 0.5) is 0 Å². The van der Waals surface area contributed by atoms with Crippen LogP contribution in [-0.4, -0.2) is 84.7 Å². The third-order valence-corrected chi connectivity index (χ3v) is 15.5. The van der Waals surface area contributed by atoms with Gasteiger partial charge in [-0.05, 0) is 121 Å². The van der Waals surface area contributed by atoms with Crippen LogP contribution < -0.4 is 0 Å². The van der Waals surface area contributed by atoms with Gasteiger partial charge >= 0.3 is 0 Å². The van der Waals surface area contributed by atoms with E-state index in [2.05, 4.69) is 45.3 Å². The van der Waals surface area contributed by atoms with Crippen molar-refractivity contribution >= 4 is 56.0 Å². The second-order valence-corrected chi connectivity index (χ2v) is 22.5. The van der Waals surface area contributed by atoms with Crippen molar-refractivity contribution in [3.05, 3.63) is 0 Å². The van der Waals surface area contributed by atoms with E-state index >= 15 is 0 Å². The van der Waals surface area contributed by atoms with Gasteiger partial charge in [0.15, 0.2) is 0 Å². The quantitative estimate of drug-likeness (QED) is 0.397. The maximum absolute atomic E-state index is 11.3. The first-order valence-corrected chi connectivity index (χ1v) is 21.6. The predicted octanol–water partition coefficient (Wildman–Crippen LogP) is 4.23. The molecule has 5 nitrogen and oxygen atoms in total. The molecule has 0 saturated carbocycles. The van der Waals surface area contributed by atoms with E-state index in [9.17, 15) is 21.0 Å². The van der Waals surface area contributed by atoms with Crippen molar-refractivity contribution in [1.82, 2.24) is 0 Å². The molecule has 4 rings (SSSR count). The van der Waals surface area contributed by atoms with E-state index in [1.807, 2.05) is 0 Å². The zero-order valence-electron chi connectivity index (χ0n) is 23.4. The number of hydrogen-bond donors (Lipinski definition) is 0. The molecule has 4 aliphatic rings. The van der Waals surface area contributed by atoms with E-state index in [1.54, 1.807) is 0 Å². The number of rotatable bonds is 0. The van der Waals surface area contributed by atoms with E-state index in [1.165, 1.54) is 6.42 Å². The minimum atomic E-state index is -2.65. The lowest BCUT2D eigenvalue weighted by Crippen LogP contribution is -2.22. The van der Waals surface area contributed by atoms with Crippen molar-refractivity contribution < 1.29 is 21.0 Å². The van der Waals surface area contributed by atoms with Crippen molar-refractivity contribution in [1.29, 1.82) is 0 Å². The summed E-state index contributed by atoms with van der Waals surface area (Å²) < 4.78 is 55.7. The van der Waals surface area contributed by atoms with Crippen molar-refractivity contribution in [3.8, 4) is 0 Å². The highest BCUT2D eigenvalue weighted by molar-refractivity contribution is 8.01. The highest BCUT2D eigenvalue weighted by Crippen LogP contribution is 2.19. The van der Waals surface area contributed by atoms with Gasteiger partial charge in [-0.3, -0.25) is 12.6 Å². The minimum Gasteiger partial charge on any atom is -0.268 e. The molecule has 4 saturated heterocycles. The van der Waals surface area contributed by atoms with E-state index in [-0.39, 0.29) is 0 Å². The summed E-state index contributed by atoms with van der Waals surface area (Å²) in [6.45, 7) is 8.64. The Balaban J connectivity index is 0.000000241. The highest BCUT2D eigenvalue weighted by atomic mass is 32.2.